The quantitative estimate of drug-likeness (QED) is 0.376. The first-order valence-corrected chi connectivity index (χ1v) is 10.8. The molecule has 1 aromatic heterocycles. The van der Waals surface area contributed by atoms with Crippen molar-refractivity contribution in [3.05, 3.63) is 54.1 Å². The van der Waals surface area contributed by atoms with Gasteiger partial charge in [0.15, 0.2) is 11.5 Å². The second-order valence-electron chi connectivity index (χ2n) is 7.09. The lowest BCUT2D eigenvalue weighted by molar-refractivity contribution is 0.122. The van der Waals surface area contributed by atoms with Crippen LogP contribution in [-0.4, -0.2) is 61.2 Å². The molecule has 10 heteroatoms. The average Bonchev–Trinajstić information content (AvgIpc) is 2.85. The van der Waals surface area contributed by atoms with Crippen LogP contribution in [0.1, 0.15) is 12.5 Å². The molecule has 33 heavy (non-hydrogen) atoms. The molecule has 1 saturated heterocycles. The highest BCUT2D eigenvalue weighted by atomic mass is 16.5. The van der Waals surface area contributed by atoms with Crippen molar-refractivity contribution >= 4 is 29.7 Å². The largest absolute Gasteiger partial charge is 0.493 e. The van der Waals surface area contributed by atoms with Gasteiger partial charge in [-0.25, -0.2) is 5.43 Å². The van der Waals surface area contributed by atoms with Crippen LogP contribution in [0.5, 0.6) is 11.5 Å². The fourth-order valence-electron chi connectivity index (χ4n) is 3.23. The minimum atomic E-state index is 0.333. The van der Waals surface area contributed by atoms with Gasteiger partial charge in [-0.2, -0.15) is 20.1 Å². The number of nitrogens with zero attached hydrogens (tertiary/aromatic N) is 5. The second kappa shape index (κ2) is 11.1. The van der Waals surface area contributed by atoms with Crippen LogP contribution in [0.3, 0.4) is 0 Å². The van der Waals surface area contributed by atoms with Gasteiger partial charge in [-0.3, -0.25) is 0 Å². The number of nitrogens with one attached hydrogen (secondary N) is 2. The molecule has 0 unspecified atom stereocenters. The second-order valence-corrected chi connectivity index (χ2v) is 7.09. The molecular weight excluding hydrogens is 422 g/mol. The Labute approximate surface area is 192 Å². The number of hydrazone groups is 1. The topological polar surface area (TPSA) is 106 Å². The predicted octanol–water partition coefficient (Wildman–Crippen LogP) is 3.31. The number of ether oxygens (including phenoxy) is 3. The molecule has 2 N–H and O–H groups in total. The maximum Gasteiger partial charge on any atom is 0.250 e. The van der Waals surface area contributed by atoms with Crippen LogP contribution >= 0.6 is 0 Å². The Morgan fingerprint density at radius 2 is 1.82 bits per heavy atom. The third-order valence-electron chi connectivity index (χ3n) is 4.81. The molecular formula is C23H27N7O3. The number of anilines is 4. The molecule has 172 valence electrons. The number of hydrogen-bond acceptors (Lipinski definition) is 10. The molecule has 1 aliphatic rings. The molecule has 0 amide bonds. The van der Waals surface area contributed by atoms with Gasteiger partial charge >= 0.3 is 0 Å². The van der Waals surface area contributed by atoms with E-state index in [1.807, 2.05) is 55.5 Å². The number of benzene rings is 2. The lowest BCUT2D eigenvalue weighted by Crippen LogP contribution is -2.37. The summed E-state index contributed by atoms with van der Waals surface area (Å²) in [5.41, 5.74) is 4.64. The van der Waals surface area contributed by atoms with Gasteiger partial charge in [0.25, 0.3) is 0 Å². The fraction of sp³-hybridized carbons (Fsp3) is 0.304. The number of rotatable bonds is 9. The maximum atomic E-state index is 5.62. The first kappa shape index (κ1) is 22.3. The SMILES string of the molecule is CCOc1cc(/C=N/Nc2nc(Nc3ccccc3)nc(N3CCOCC3)n2)ccc1OC. The molecule has 0 atom stereocenters. The van der Waals surface area contributed by atoms with Gasteiger partial charge in [0.1, 0.15) is 0 Å². The fourth-order valence-corrected chi connectivity index (χ4v) is 3.23. The van der Waals surface area contributed by atoms with Crippen molar-refractivity contribution in [3.8, 4) is 11.5 Å². The number of morpholine rings is 1. The van der Waals surface area contributed by atoms with Crippen LogP contribution in [0.15, 0.2) is 53.6 Å². The molecule has 0 aliphatic carbocycles. The van der Waals surface area contributed by atoms with Crippen LogP contribution in [0.4, 0.5) is 23.5 Å². The van der Waals surface area contributed by atoms with Crippen LogP contribution in [-0.2, 0) is 4.74 Å². The van der Waals surface area contributed by atoms with Crippen molar-refractivity contribution in [1.82, 2.24) is 15.0 Å². The summed E-state index contributed by atoms with van der Waals surface area (Å²) in [7, 11) is 1.61. The third kappa shape index (κ3) is 6.07. The molecule has 1 fully saturated rings. The van der Waals surface area contributed by atoms with Gasteiger partial charge in [-0.15, -0.1) is 0 Å². The van der Waals surface area contributed by atoms with E-state index < -0.39 is 0 Å². The molecule has 0 spiro atoms. The molecule has 2 aromatic carbocycles. The van der Waals surface area contributed by atoms with Gasteiger partial charge in [-0.05, 0) is 42.8 Å². The van der Waals surface area contributed by atoms with Gasteiger partial charge in [0.2, 0.25) is 17.8 Å². The smallest absolute Gasteiger partial charge is 0.250 e. The molecule has 0 saturated carbocycles. The summed E-state index contributed by atoms with van der Waals surface area (Å²) in [6, 6.07) is 15.3. The minimum absolute atomic E-state index is 0.333. The molecule has 0 radical (unpaired) electrons. The monoisotopic (exact) mass is 449 g/mol. The lowest BCUT2D eigenvalue weighted by Gasteiger charge is -2.27. The molecule has 3 aromatic rings. The zero-order valence-corrected chi connectivity index (χ0v) is 18.7. The number of para-hydroxylation sites is 1. The zero-order valence-electron chi connectivity index (χ0n) is 18.7. The summed E-state index contributed by atoms with van der Waals surface area (Å²) in [6.07, 6.45) is 1.67. The predicted molar refractivity (Wildman–Crippen MR) is 128 cm³/mol. The number of hydrogen-bond donors (Lipinski definition) is 2. The zero-order chi connectivity index (χ0) is 22.9. The Morgan fingerprint density at radius 3 is 2.58 bits per heavy atom. The average molecular weight is 450 g/mol. The van der Waals surface area contributed by atoms with Crippen LogP contribution in [0, 0.1) is 0 Å². The number of methoxy groups -OCH3 is 1. The van der Waals surface area contributed by atoms with Crippen LogP contribution < -0.4 is 25.1 Å². The Hall–Kier alpha value is -3.92. The summed E-state index contributed by atoms with van der Waals surface area (Å²) in [5, 5.41) is 7.53. The van der Waals surface area contributed by atoms with E-state index in [1.54, 1.807) is 13.3 Å². The van der Waals surface area contributed by atoms with Gasteiger partial charge in [0.05, 0.1) is 33.1 Å². The third-order valence-corrected chi connectivity index (χ3v) is 4.81. The Bertz CT molecular complexity index is 1070. The van der Waals surface area contributed by atoms with Crippen LogP contribution in [0.25, 0.3) is 0 Å². The lowest BCUT2D eigenvalue weighted by atomic mass is 10.2. The highest BCUT2D eigenvalue weighted by Crippen LogP contribution is 2.27. The first-order chi connectivity index (χ1) is 16.2. The standard InChI is InChI=1S/C23H27N7O3/c1-3-33-20-15-17(9-10-19(20)31-2)16-24-29-22-26-21(25-18-7-5-4-6-8-18)27-23(28-22)30-11-13-32-14-12-30/h4-10,15-16H,3,11-14H2,1-2H3,(H2,25,26,27,28,29)/b24-16+. The Kier molecular flexibility index (Phi) is 7.49. The van der Waals surface area contributed by atoms with Gasteiger partial charge in [-0.1, -0.05) is 18.2 Å². The highest BCUT2D eigenvalue weighted by molar-refractivity contribution is 5.81. The van der Waals surface area contributed by atoms with Crippen molar-refractivity contribution in [1.29, 1.82) is 0 Å². The summed E-state index contributed by atoms with van der Waals surface area (Å²) < 4.78 is 16.4. The van der Waals surface area contributed by atoms with Crippen molar-refractivity contribution in [3.63, 3.8) is 0 Å². The summed E-state index contributed by atoms with van der Waals surface area (Å²) >= 11 is 0. The van der Waals surface area contributed by atoms with E-state index in [0.29, 0.717) is 62.3 Å². The summed E-state index contributed by atoms with van der Waals surface area (Å²) in [4.78, 5) is 15.7. The van der Waals surface area contributed by atoms with Crippen molar-refractivity contribution in [2.75, 3.05) is 55.7 Å². The maximum absolute atomic E-state index is 5.62. The van der Waals surface area contributed by atoms with E-state index in [4.69, 9.17) is 14.2 Å². The summed E-state index contributed by atoms with van der Waals surface area (Å²) in [5.74, 6) is 2.66. The Morgan fingerprint density at radius 1 is 1.03 bits per heavy atom. The normalized spacial score (nSPS) is 13.7. The molecule has 2 heterocycles. The number of aromatic nitrogens is 3. The molecule has 4 rings (SSSR count). The molecule has 1 aliphatic heterocycles. The van der Waals surface area contributed by atoms with Crippen molar-refractivity contribution in [2.24, 2.45) is 5.10 Å². The first-order valence-electron chi connectivity index (χ1n) is 10.8. The summed E-state index contributed by atoms with van der Waals surface area (Å²) in [6.45, 7) is 5.16. The van der Waals surface area contributed by atoms with Crippen molar-refractivity contribution in [2.45, 2.75) is 6.92 Å². The van der Waals surface area contributed by atoms with E-state index in [0.717, 1.165) is 11.3 Å². The van der Waals surface area contributed by atoms with Crippen molar-refractivity contribution < 1.29 is 14.2 Å². The Balaban J connectivity index is 1.54. The minimum Gasteiger partial charge on any atom is -0.493 e. The van der Waals surface area contributed by atoms with E-state index in [-0.39, 0.29) is 0 Å². The van der Waals surface area contributed by atoms with E-state index in [2.05, 4.69) is 35.7 Å². The van der Waals surface area contributed by atoms with E-state index in [9.17, 15) is 0 Å². The van der Waals surface area contributed by atoms with Crippen LogP contribution in [0.2, 0.25) is 0 Å². The van der Waals surface area contributed by atoms with Gasteiger partial charge in [0, 0.05) is 18.8 Å². The van der Waals surface area contributed by atoms with E-state index in [1.165, 1.54) is 0 Å². The van der Waals surface area contributed by atoms with E-state index >= 15 is 0 Å². The highest BCUT2D eigenvalue weighted by Gasteiger charge is 2.16. The molecule has 10 nitrogen and oxygen atoms in total. The van der Waals surface area contributed by atoms with Gasteiger partial charge < -0.3 is 24.4 Å². The molecule has 0 bridgehead atoms.